The Kier molecular flexibility index (Phi) is 10.9. The lowest BCUT2D eigenvalue weighted by molar-refractivity contribution is -0.142. The van der Waals surface area contributed by atoms with Crippen LogP contribution in [-0.4, -0.2) is 42.5 Å². The molecule has 2 atom stereocenters. The average molecular weight is 508 g/mol. The minimum Gasteiger partial charge on any atom is -0.466 e. The fourth-order valence-corrected chi connectivity index (χ4v) is 5.23. The van der Waals surface area contributed by atoms with Crippen molar-refractivity contribution in [2.24, 2.45) is 5.92 Å². The van der Waals surface area contributed by atoms with E-state index in [0.717, 1.165) is 36.0 Å². The monoisotopic (exact) mass is 507 g/mol. The molecule has 0 spiro atoms. The van der Waals surface area contributed by atoms with E-state index in [9.17, 15) is 9.90 Å². The number of β-amino-alcohol motifs (C(OH)–C–C–N with tert-alkyl or cyclic N) is 1. The molecule has 37 heavy (non-hydrogen) atoms. The molecule has 202 valence electrons. The first-order valence-corrected chi connectivity index (χ1v) is 13.7. The number of benzene rings is 2. The van der Waals surface area contributed by atoms with Crippen LogP contribution < -0.4 is 5.32 Å². The lowest BCUT2D eigenvalue weighted by Gasteiger charge is -2.31. The number of aliphatic hydroxyl groups is 1. The number of esters is 1. The van der Waals surface area contributed by atoms with Crippen LogP contribution in [0.5, 0.6) is 0 Å². The van der Waals surface area contributed by atoms with Crippen LogP contribution in [-0.2, 0) is 27.1 Å². The smallest absolute Gasteiger partial charge is 0.306 e. The summed E-state index contributed by atoms with van der Waals surface area (Å²) in [6, 6.07) is 15.0. The van der Waals surface area contributed by atoms with E-state index in [1.807, 2.05) is 26.0 Å². The molecule has 0 unspecified atom stereocenters. The standard InChI is InChI=1S/C32H45NO4/c1-6-36-31(35)14-10-9-11-26-16-15-23(2)17-30(26)24(3)37-22-29(34)21-33-32(4,5)20-25-18-27-12-7-8-13-28(27)19-25/h7-9,11-13,15-17,24-25,29,33-34H,6,10,14,18-22H2,1-5H3/b11-9+/t24-,29-/m1/s1. The third kappa shape index (κ3) is 9.41. The average Bonchev–Trinajstić information content (AvgIpc) is 3.26. The number of aliphatic hydroxyl groups excluding tert-OH is 1. The third-order valence-corrected chi connectivity index (χ3v) is 7.09. The van der Waals surface area contributed by atoms with Crippen molar-refractivity contribution in [2.45, 2.75) is 84.5 Å². The fraction of sp³-hybridized carbons (Fsp3) is 0.531. The van der Waals surface area contributed by atoms with Crippen molar-refractivity contribution in [1.82, 2.24) is 5.32 Å². The van der Waals surface area contributed by atoms with E-state index in [-0.39, 0.29) is 24.2 Å². The van der Waals surface area contributed by atoms with Gasteiger partial charge in [-0.2, -0.15) is 0 Å². The molecule has 1 aliphatic carbocycles. The Morgan fingerprint density at radius 2 is 1.89 bits per heavy atom. The van der Waals surface area contributed by atoms with E-state index in [2.05, 4.69) is 68.6 Å². The SMILES string of the molecule is CCOC(=O)CC/C=C/c1ccc(C)cc1[C@@H](C)OC[C@H](O)CNC(C)(C)CC1Cc2ccccc2C1. The number of allylic oxidation sites excluding steroid dienone is 1. The van der Waals surface area contributed by atoms with Crippen LogP contribution in [0.3, 0.4) is 0 Å². The Morgan fingerprint density at radius 3 is 2.57 bits per heavy atom. The van der Waals surface area contributed by atoms with Crippen LogP contribution in [0, 0.1) is 12.8 Å². The van der Waals surface area contributed by atoms with Gasteiger partial charge in [-0.1, -0.05) is 60.2 Å². The first kappa shape index (κ1) is 29.1. The van der Waals surface area contributed by atoms with Gasteiger partial charge in [-0.3, -0.25) is 4.79 Å². The number of carbonyl (C=O) groups is 1. The van der Waals surface area contributed by atoms with Gasteiger partial charge in [-0.25, -0.2) is 0 Å². The van der Waals surface area contributed by atoms with Crippen LogP contribution >= 0.6 is 0 Å². The summed E-state index contributed by atoms with van der Waals surface area (Å²) >= 11 is 0. The van der Waals surface area contributed by atoms with Crippen molar-refractivity contribution in [3.63, 3.8) is 0 Å². The van der Waals surface area contributed by atoms with Gasteiger partial charge in [-0.15, -0.1) is 0 Å². The topological polar surface area (TPSA) is 67.8 Å². The van der Waals surface area contributed by atoms with Crippen LogP contribution in [0.4, 0.5) is 0 Å². The van der Waals surface area contributed by atoms with Gasteiger partial charge in [0.15, 0.2) is 0 Å². The summed E-state index contributed by atoms with van der Waals surface area (Å²) in [6.07, 6.45) is 7.65. The van der Waals surface area contributed by atoms with Crippen LogP contribution in [0.2, 0.25) is 0 Å². The number of hydrogen-bond donors (Lipinski definition) is 2. The van der Waals surface area contributed by atoms with Gasteiger partial charge < -0.3 is 19.9 Å². The normalized spacial score (nSPS) is 15.6. The van der Waals surface area contributed by atoms with E-state index in [1.165, 1.54) is 11.1 Å². The van der Waals surface area contributed by atoms with Crippen LogP contribution in [0.15, 0.2) is 48.5 Å². The second-order valence-corrected chi connectivity index (χ2v) is 11.0. The maximum atomic E-state index is 11.6. The molecule has 5 heteroatoms. The number of ether oxygens (including phenoxy) is 2. The van der Waals surface area contributed by atoms with Gasteiger partial charge in [0, 0.05) is 18.5 Å². The first-order valence-electron chi connectivity index (χ1n) is 13.7. The van der Waals surface area contributed by atoms with Gasteiger partial charge >= 0.3 is 5.97 Å². The largest absolute Gasteiger partial charge is 0.466 e. The second kappa shape index (κ2) is 13.9. The highest BCUT2D eigenvalue weighted by atomic mass is 16.5. The van der Waals surface area contributed by atoms with Gasteiger partial charge in [0.2, 0.25) is 0 Å². The summed E-state index contributed by atoms with van der Waals surface area (Å²) in [5.74, 6) is 0.463. The molecular formula is C32H45NO4. The molecule has 0 heterocycles. The zero-order valence-electron chi connectivity index (χ0n) is 23.3. The molecule has 0 amide bonds. The minimum atomic E-state index is -0.587. The lowest BCUT2D eigenvalue weighted by Crippen LogP contribution is -2.45. The van der Waals surface area contributed by atoms with Gasteiger partial charge in [-0.05, 0) is 88.5 Å². The Bertz CT molecular complexity index is 1020. The summed E-state index contributed by atoms with van der Waals surface area (Å²) in [5.41, 5.74) is 6.21. The fourth-order valence-electron chi connectivity index (χ4n) is 5.23. The summed E-state index contributed by atoms with van der Waals surface area (Å²) in [7, 11) is 0. The molecule has 5 nitrogen and oxygen atoms in total. The molecule has 0 aromatic heterocycles. The highest BCUT2D eigenvalue weighted by Gasteiger charge is 2.28. The van der Waals surface area contributed by atoms with Gasteiger partial charge in [0.1, 0.15) is 0 Å². The molecular weight excluding hydrogens is 462 g/mol. The number of fused-ring (bicyclic) bond motifs is 1. The Labute approximate surface area is 223 Å². The highest BCUT2D eigenvalue weighted by Crippen LogP contribution is 2.32. The zero-order chi connectivity index (χ0) is 26.8. The molecule has 2 N–H and O–H groups in total. The molecule has 1 aliphatic rings. The number of hydrogen-bond acceptors (Lipinski definition) is 5. The van der Waals surface area contributed by atoms with Gasteiger partial charge in [0.25, 0.3) is 0 Å². The molecule has 0 saturated heterocycles. The quantitative estimate of drug-likeness (QED) is 0.309. The molecule has 0 fully saturated rings. The van der Waals surface area contributed by atoms with Crippen molar-refractivity contribution >= 4 is 12.0 Å². The van der Waals surface area contributed by atoms with Crippen LogP contribution in [0.25, 0.3) is 6.08 Å². The van der Waals surface area contributed by atoms with Crippen LogP contribution in [0.1, 0.15) is 80.9 Å². The molecule has 0 saturated carbocycles. The zero-order valence-corrected chi connectivity index (χ0v) is 23.3. The van der Waals surface area contributed by atoms with E-state index in [4.69, 9.17) is 9.47 Å². The number of rotatable bonds is 14. The maximum absolute atomic E-state index is 11.6. The second-order valence-electron chi connectivity index (χ2n) is 11.0. The predicted octanol–water partition coefficient (Wildman–Crippen LogP) is 5.96. The van der Waals surface area contributed by atoms with Crippen molar-refractivity contribution in [1.29, 1.82) is 0 Å². The molecule has 3 rings (SSSR count). The van der Waals surface area contributed by atoms with Gasteiger partial charge in [0.05, 0.1) is 25.4 Å². The number of aryl methyl sites for hydroxylation is 1. The summed E-state index contributed by atoms with van der Waals surface area (Å²) in [4.78, 5) is 11.6. The predicted molar refractivity (Wildman–Crippen MR) is 150 cm³/mol. The number of carbonyl (C=O) groups excluding carboxylic acids is 1. The molecule has 0 bridgehead atoms. The number of nitrogens with one attached hydrogen (secondary N) is 1. The van der Waals surface area contributed by atoms with Crippen molar-refractivity contribution in [3.8, 4) is 0 Å². The van der Waals surface area contributed by atoms with Crippen molar-refractivity contribution < 1.29 is 19.4 Å². The Hall–Kier alpha value is -2.47. The van der Waals surface area contributed by atoms with E-state index in [0.29, 0.717) is 31.9 Å². The highest BCUT2D eigenvalue weighted by molar-refractivity contribution is 5.69. The molecule has 0 radical (unpaired) electrons. The Morgan fingerprint density at radius 1 is 1.19 bits per heavy atom. The van der Waals surface area contributed by atoms with E-state index >= 15 is 0 Å². The molecule has 2 aromatic carbocycles. The van der Waals surface area contributed by atoms with E-state index in [1.54, 1.807) is 0 Å². The minimum absolute atomic E-state index is 0.0582. The Balaban J connectivity index is 1.45. The summed E-state index contributed by atoms with van der Waals surface area (Å²) in [5, 5.41) is 14.2. The first-order chi connectivity index (χ1) is 17.7. The lowest BCUT2D eigenvalue weighted by atomic mass is 9.88. The summed E-state index contributed by atoms with van der Waals surface area (Å²) < 4.78 is 11.1. The van der Waals surface area contributed by atoms with Crippen molar-refractivity contribution in [3.05, 3.63) is 76.4 Å². The van der Waals surface area contributed by atoms with E-state index < -0.39 is 6.10 Å². The maximum Gasteiger partial charge on any atom is 0.306 e. The molecule has 0 aliphatic heterocycles. The van der Waals surface area contributed by atoms with Crippen molar-refractivity contribution in [2.75, 3.05) is 19.8 Å². The summed E-state index contributed by atoms with van der Waals surface area (Å²) in [6.45, 7) is 11.5. The molecule has 2 aromatic rings. The third-order valence-electron chi connectivity index (χ3n) is 7.09.